The van der Waals surface area contributed by atoms with Gasteiger partial charge in [-0.1, -0.05) is 47.1 Å². The van der Waals surface area contributed by atoms with Crippen LogP contribution in [0.1, 0.15) is 16.8 Å². The number of amides is 1. The number of nitrogens with one attached hydrogen (secondary N) is 1. The van der Waals surface area contributed by atoms with Gasteiger partial charge in [-0.05, 0) is 29.8 Å². The van der Waals surface area contributed by atoms with Crippen LogP contribution < -0.4 is 5.32 Å². The number of benzene rings is 2. The van der Waals surface area contributed by atoms with Crippen molar-refractivity contribution in [2.24, 2.45) is 0 Å². The number of carbonyl (C=O) groups is 1. The number of thioether (sulfide) groups is 1. The Hall–Kier alpha value is -1.67. The van der Waals surface area contributed by atoms with Crippen LogP contribution in [0.25, 0.3) is 0 Å². The van der Waals surface area contributed by atoms with Crippen molar-refractivity contribution in [3.63, 3.8) is 0 Å². The number of halogens is 4. The van der Waals surface area contributed by atoms with E-state index < -0.39 is 11.6 Å². The molecule has 146 valence electrons. The quantitative estimate of drug-likeness (QED) is 0.449. The third kappa shape index (κ3) is 5.67. The summed E-state index contributed by atoms with van der Waals surface area (Å²) in [6.45, 7) is -0.210. The van der Waals surface area contributed by atoms with Gasteiger partial charge >= 0.3 is 0 Å². The Labute approximate surface area is 179 Å². The van der Waals surface area contributed by atoms with Crippen molar-refractivity contribution in [3.8, 4) is 0 Å². The molecule has 0 bridgehead atoms. The van der Waals surface area contributed by atoms with Gasteiger partial charge in [-0.2, -0.15) is 0 Å². The molecule has 1 aromatic heterocycles. The smallest absolute Gasteiger partial charge is 0.226 e. The minimum Gasteiger partial charge on any atom is -0.351 e. The Morgan fingerprint density at radius 3 is 2.64 bits per heavy atom. The van der Waals surface area contributed by atoms with Crippen molar-refractivity contribution < 1.29 is 13.6 Å². The SMILES string of the molecule is O=C(Cc1csc(SCc2ccc(Cl)cc2Cl)n1)NCc1c(F)cccc1F. The monoisotopic (exact) mass is 458 g/mol. The molecule has 3 rings (SSSR count). The Kier molecular flexibility index (Phi) is 7.29. The molecule has 1 heterocycles. The van der Waals surface area contributed by atoms with Gasteiger partial charge in [-0.15, -0.1) is 11.3 Å². The third-order valence-electron chi connectivity index (χ3n) is 3.76. The third-order valence-corrected chi connectivity index (χ3v) is 6.47. The number of thiazole rings is 1. The highest BCUT2D eigenvalue weighted by Gasteiger charge is 2.12. The number of carbonyl (C=O) groups excluding carboxylic acids is 1. The number of hydrogen-bond acceptors (Lipinski definition) is 4. The van der Waals surface area contributed by atoms with Crippen LogP contribution in [-0.2, 0) is 23.5 Å². The molecule has 2 aromatic carbocycles. The first kappa shape index (κ1) is 21.0. The second-order valence-electron chi connectivity index (χ2n) is 5.78. The summed E-state index contributed by atoms with van der Waals surface area (Å²) >= 11 is 15.0. The summed E-state index contributed by atoms with van der Waals surface area (Å²) in [6, 6.07) is 8.92. The summed E-state index contributed by atoms with van der Waals surface area (Å²) in [4.78, 5) is 16.5. The molecular weight excluding hydrogens is 445 g/mol. The molecule has 1 N–H and O–H groups in total. The van der Waals surface area contributed by atoms with E-state index in [1.54, 1.807) is 17.5 Å². The highest BCUT2D eigenvalue weighted by molar-refractivity contribution is 8.00. The fourth-order valence-electron chi connectivity index (χ4n) is 2.33. The van der Waals surface area contributed by atoms with Gasteiger partial charge in [0.15, 0.2) is 0 Å². The molecule has 0 radical (unpaired) electrons. The molecule has 0 aliphatic heterocycles. The van der Waals surface area contributed by atoms with Gasteiger partial charge in [0.25, 0.3) is 0 Å². The minimum absolute atomic E-state index is 0.0365. The van der Waals surface area contributed by atoms with Crippen LogP contribution >= 0.6 is 46.3 Å². The van der Waals surface area contributed by atoms with E-state index in [2.05, 4.69) is 10.3 Å². The molecule has 0 aliphatic rings. The summed E-state index contributed by atoms with van der Waals surface area (Å²) in [5.74, 6) is -1.10. The molecule has 9 heteroatoms. The minimum atomic E-state index is -0.687. The number of aromatic nitrogens is 1. The summed E-state index contributed by atoms with van der Waals surface area (Å²) in [5.41, 5.74) is 1.38. The molecule has 3 nitrogen and oxygen atoms in total. The van der Waals surface area contributed by atoms with Crippen molar-refractivity contribution in [2.45, 2.75) is 23.1 Å². The van der Waals surface area contributed by atoms with Crippen LogP contribution in [0.15, 0.2) is 46.1 Å². The van der Waals surface area contributed by atoms with Gasteiger partial charge in [-0.25, -0.2) is 13.8 Å². The average Bonchev–Trinajstić information content (AvgIpc) is 3.08. The lowest BCUT2D eigenvalue weighted by Gasteiger charge is -2.06. The lowest BCUT2D eigenvalue weighted by atomic mass is 10.2. The molecule has 0 saturated carbocycles. The Balaban J connectivity index is 1.52. The first-order chi connectivity index (χ1) is 13.4. The van der Waals surface area contributed by atoms with Crippen LogP contribution in [0.5, 0.6) is 0 Å². The molecule has 0 aliphatic carbocycles. The lowest BCUT2D eigenvalue weighted by molar-refractivity contribution is -0.120. The van der Waals surface area contributed by atoms with E-state index in [9.17, 15) is 13.6 Å². The first-order valence-corrected chi connectivity index (χ1v) is 10.7. The summed E-state index contributed by atoms with van der Waals surface area (Å²) in [6.07, 6.45) is 0.0365. The van der Waals surface area contributed by atoms with Crippen LogP contribution in [0, 0.1) is 11.6 Å². The van der Waals surface area contributed by atoms with Crippen molar-refractivity contribution in [2.75, 3.05) is 0 Å². The molecule has 0 unspecified atom stereocenters. The van der Waals surface area contributed by atoms with Crippen LogP contribution in [0.4, 0.5) is 8.78 Å². The van der Waals surface area contributed by atoms with Crippen LogP contribution in [-0.4, -0.2) is 10.9 Å². The number of hydrogen-bond donors (Lipinski definition) is 1. The van der Waals surface area contributed by atoms with E-state index in [0.29, 0.717) is 21.5 Å². The molecule has 3 aromatic rings. The van der Waals surface area contributed by atoms with Crippen LogP contribution in [0.2, 0.25) is 10.0 Å². The molecule has 0 spiro atoms. The number of rotatable bonds is 7. The van der Waals surface area contributed by atoms with Crippen molar-refractivity contribution in [3.05, 3.63) is 80.3 Å². The zero-order chi connectivity index (χ0) is 20.1. The predicted molar refractivity (Wildman–Crippen MR) is 110 cm³/mol. The molecule has 28 heavy (non-hydrogen) atoms. The Morgan fingerprint density at radius 1 is 1.18 bits per heavy atom. The van der Waals surface area contributed by atoms with E-state index in [4.69, 9.17) is 23.2 Å². The van der Waals surface area contributed by atoms with E-state index in [-0.39, 0.29) is 24.4 Å². The molecule has 0 atom stereocenters. The van der Waals surface area contributed by atoms with Crippen molar-refractivity contribution in [1.29, 1.82) is 0 Å². The average molecular weight is 459 g/mol. The summed E-state index contributed by atoms with van der Waals surface area (Å²) in [5, 5.41) is 5.48. The van der Waals surface area contributed by atoms with E-state index in [1.165, 1.54) is 29.2 Å². The molecule has 1 amide bonds. The van der Waals surface area contributed by atoms with Gasteiger partial charge < -0.3 is 5.32 Å². The largest absolute Gasteiger partial charge is 0.351 e. The van der Waals surface area contributed by atoms with Gasteiger partial charge in [-0.3, -0.25) is 4.79 Å². The van der Waals surface area contributed by atoms with E-state index in [1.807, 2.05) is 6.07 Å². The summed E-state index contributed by atoms with van der Waals surface area (Å²) < 4.78 is 28.0. The first-order valence-electron chi connectivity index (χ1n) is 8.13. The van der Waals surface area contributed by atoms with Crippen molar-refractivity contribution in [1.82, 2.24) is 10.3 Å². The lowest BCUT2D eigenvalue weighted by Crippen LogP contribution is -2.25. The zero-order valence-electron chi connectivity index (χ0n) is 14.3. The maximum atomic E-state index is 13.6. The molecule has 0 saturated heterocycles. The van der Waals surface area contributed by atoms with Gasteiger partial charge in [0.05, 0.1) is 12.1 Å². The molecule has 0 fully saturated rings. The fourth-order valence-corrected chi connectivity index (χ4v) is 4.73. The predicted octanol–water partition coefficient (Wildman–Crippen LogP) is 5.88. The van der Waals surface area contributed by atoms with Gasteiger partial charge in [0.2, 0.25) is 5.91 Å². The molecular formula is C19H14Cl2F2N2OS2. The summed E-state index contributed by atoms with van der Waals surface area (Å²) in [7, 11) is 0. The Bertz CT molecular complexity index is 978. The second-order valence-corrected chi connectivity index (χ2v) is 8.71. The normalized spacial score (nSPS) is 10.9. The standard InChI is InChI=1S/C19H14Cl2F2N2OS2/c20-12-5-4-11(15(21)6-12)9-27-19-25-13(10-28-19)7-18(26)24-8-14-16(22)2-1-3-17(14)23/h1-6,10H,7-9H2,(H,24,26). The maximum Gasteiger partial charge on any atom is 0.226 e. The Morgan fingerprint density at radius 2 is 1.93 bits per heavy atom. The van der Waals surface area contributed by atoms with Crippen LogP contribution in [0.3, 0.4) is 0 Å². The highest BCUT2D eigenvalue weighted by atomic mass is 35.5. The van der Waals surface area contributed by atoms with Gasteiger partial charge in [0, 0.05) is 33.3 Å². The zero-order valence-corrected chi connectivity index (χ0v) is 17.5. The topological polar surface area (TPSA) is 42.0 Å². The van der Waals surface area contributed by atoms with E-state index in [0.717, 1.165) is 22.0 Å². The number of nitrogens with zero attached hydrogens (tertiary/aromatic N) is 1. The second kappa shape index (κ2) is 9.69. The highest BCUT2D eigenvalue weighted by Crippen LogP contribution is 2.30. The maximum absolute atomic E-state index is 13.6. The van der Waals surface area contributed by atoms with Crippen molar-refractivity contribution >= 4 is 52.2 Å². The van der Waals surface area contributed by atoms with Gasteiger partial charge in [0.1, 0.15) is 16.0 Å². The van der Waals surface area contributed by atoms with E-state index >= 15 is 0 Å². The fraction of sp³-hybridized carbons (Fsp3) is 0.158.